The number of likely N-dealkylation sites (tertiary alicyclic amines) is 1. The Hall–Kier alpha value is -3.61. The van der Waals surface area contributed by atoms with Gasteiger partial charge in [-0.1, -0.05) is 12.1 Å². The first-order chi connectivity index (χ1) is 15.6. The highest BCUT2D eigenvalue weighted by Crippen LogP contribution is 2.43. The number of nitrogens with zero attached hydrogens (tertiary/aromatic N) is 2. The summed E-state index contributed by atoms with van der Waals surface area (Å²) in [7, 11) is 3.39. The monoisotopic (exact) mass is 430 g/mol. The number of aromatic amines is 1. The van der Waals surface area contributed by atoms with Crippen molar-refractivity contribution in [1.29, 1.82) is 5.41 Å². The Bertz CT molecular complexity index is 1220. The van der Waals surface area contributed by atoms with Gasteiger partial charge in [-0.2, -0.15) is 0 Å². The number of ether oxygens (including phenoxy) is 2. The molecule has 2 aliphatic rings. The number of piperidine rings is 1. The molecule has 32 heavy (non-hydrogen) atoms. The average Bonchev–Trinajstić information content (AvgIpc) is 3.26. The molecule has 5 rings (SSSR count). The van der Waals surface area contributed by atoms with Crippen LogP contribution in [0.2, 0.25) is 0 Å². The van der Waals surface area contributed by atoms with Gasteiger partial charge in [0.1, 0.15) is 17.1 Å². The number of methoxy groups -OCH3 is 1. The zero-order valence-corrected chi connectivity index (χ0v) is 18.2. The normalized spacial score (nSPS) is 20.8. The van der Waals surface area contributed by atoms with Gasteiger partial charge in [0, 0.05) is 61.9 Å². The number of H-pyrrole nitrogens is 1. The molecule has 3 aromatic rings. The van der Waals surface area contributed by atoms with Gasteiger partial charge in [0.05, 0.1) is 24.3 Å². The van der Waals surface area contributed by atoms with Crippen LogP contribution in [-0.2, 0) is 0 Å². The maximum Gasteiger partial charge on any atom is 0.256 e. The number of aliphatic imine (C=N–C) groups is 1. The second-order valence-corrected chi connectivity index (χ2v) is 8.32. The van der Waals surface area contributed by atoms with Gasteiger partial charge in [0.2, 0.25) is 0 Å². The van der Waals surface area contributed by atoms with Crippen LogP contribution < -0.4 is 9.47 Å². The van der Waals surface area contributed by atoms with E-state index >= 15 is 0 Å². The number of hydrogen-bond donors (Lipinski definition) is 2. The molecule has 3 heterocycles. The summed E-state index contributed by atoms with van der Waals surface area (Å²) in [6, 6.07) is 13.5. The molecular formula is C25H26N4O3. The number of carbonyl (C=O) groups excluding carboxylic acids is 1. The Morgan fingerprint density at radius 1 is 1.28 bits per heavy atom. The first kappa shape index (κ1) is 20.3. The highest BCUT2D eigenvalue weighted by Gasteiger charge is 2.49. The Balaban J connectivity index is 1.41. The molecule has 0 saturated carbocycles. The molecule has 7 heteroatoms. The third-order valence-corrected chi connectivity index (χ3v) is 6.76. The summed E-state index contributed by atoms with van der Waals surface area (Å²) in [6.07, 6.45) is 4.49. The molecule has 2 aliphatic heterocycles. The van der Waals surface area contributed by atoms with Crippen LogP contribution >= 0.6 is 0 Å². The third-order valence-electron chi connectivity index (χ3n) is 6.76. The lowest BCUT2D eigenvalue weighted by molar-refractivity contribution is -0.00856. The minimum Gasteiger partial charge on any atom is -0.497 e. The van der Waals surface area contributed by atoms with Crippen LogP contribution in [0.5, 0.6) is 11.5 Å². The molecule has 0 aliphatic carbocycles. The second-order valence-electron chi connectivity index (χ2n) is 8.32. The van der Waals surface area contributed by atoms with Gasteiger partial charge in [-0.25, -0.2) is 0 Å². The van der Waals surface area contributed by atoms with Gasteiger partial charge in [0.15, 0.2) is 0 Å². The quantitative estimate of drug-likeness (QED) is 0.617. The van der Waals surface area contributed by atoms with Crippen LogP contribution in [0.4, 0.5) is 0 Å². The van der Waals surface area contributed by atoms with E-state index in [1.54, 1.807) is 20.4 Å². The predicted molar refractivity (Wildman–Crippen MR) is 125 cm³/mol. The maximum atomic E-state index is 13.4. The molecule has 0 bridgehead atoms. The Labute approximate surface area is 186 Å². The third kappa shape index (κ3) is 3.07. The fourth-order valence-corrected chi connectivity index (χ4v) is 5.03. The first-order valence-corrected chi connectivity index (χ1v) is 10.8. The van der Waals surface area contributed by atoms with Crippen molar-refractivity contribution in [1.82, 2.24) is 9.88 Å². The second kappa shape index (κ2) is 7.82. The topological polar surface area (TPSA) is 90.8 Å². The zero-order chi connectivity index (χ0) is 22.3. The smallest absolute Gasteiger partial charge is 0.256 e. The standard InChI is InChI=1S/C25H26N4O3/c1-27-23-17-5-3-4-6-22(17)32-25(20(23)14-26)9-11-29(12-10-25)24(30)19-15-28-21-8-7-16(31-2)13-18(19)21/h3-8,13-15,20,26,28H,9-12H2,1-2H3. The highest BCUT2D eigenvalue weighted by molar-refractivity contribution is 6.13. The zero-order valence-electron chi connectivity index (χ0n) is 18.2. The number of rotatable bonds is 3. The molecule has 1 unspecified atom stereocenters. The van der Waals surface area contributed by atoms with E-state index in [1.165, 1.54) is 6.21 Å². The van der Waals surface area contributed by atoms with Crippen molar-refractivity contribution in [2.24, 2.45) is 10.9 Å². The molecule has 1 amide bonds. The van der Waals surface area contributed by atoms with Crippen molar-refractivity contribution in [2.75, 3.05) is 27.2 Å². The lowest BCUT2D eigenvalue weighted by Crippen LogP contribution is -2.58. The largest absolute Gasteiger partial charge is 0.497 e. The Morgan fingerprint density at radius 3 is 2.78 bits per heavy atom. The molecule has 2 aromatic carbocycles. The van der Waals surface area contributed by atoms with Crippen molar-refractivity contribution in [3.8, 4) is 11.5 Å². The fourth-order valence-electron chi connectivity index (χ4n) is 5.03. The summed E-state index contributed by atoms with van der Waals surface area (Å²) in [5.41, 5.74) is 2.81. The van der Waals surface area contributed by atoms with E-state index in [0.29, 0.717) is 31.5 Å². The summed E-state index contributed by atoms with van der Waals surface area (Å²) < 4.78 is 11.9. The van der Waals surface area contributed by atoms with Crippen LogP contribution in [0.1, 0.15) is 28.8 Å². The number of nitrogens with one attached hydrogen (secondary N) is 2. The Morgan fingerprint density at radius 2 is 2.06 bits per heavy atom. The maximum absolute atomic E-state index is 13.4. The molecule has 164 valence electrons. The number of aromatic nitrogens is 1. The highest BCUT2D eigenvalue weighted by atomic mass is 16.5. The van der Waals surface area contributed by atoms with Crippen LogP contribution in [0.25, 0.3) is 10.9 Å². The summed E-state index contributed by atoms with van der Waals surface area (Å²) in [5.74, 6) is 1.27. The van der Waals surface area contributed by atoms with E-state index in [1.807, 2.05) is 47.4 Å². The van der Waals surface area contributed by atoms with Crippen LogP contribution in [0.3, 0.4) is 0 Å². The molecule has 7 nitrogen and oxygen atoms in total. The SMILES string of the molecule is CN=C1c2ccccc2OC2(CCN(C(=O)c3c[nH]c4ccc(OC)cc34)CC2)C1C=N. The summed E-state index contributed by atoms with van der Waals surface area (Å²) in [4.78, 5) is 23.0. The predicted octanol–water partition coefficient (Wildman–Crippen LogP) is 3.93. The van der Waals surface area contributed by atoms with Gasteiger partial charge in [-0.15, -0.1) is 0 Å². The number of fused-ring (bicyclic) bond motifs is 2. The van der Waals surface area contributed by atoms with Crippen molar-refractivity contribution >= 4 is 28.7 Å². The number of amides is 1. The Kier molecular flexibility index (Phi) is 4.96. The fraction of sp³-hybridized carbons (Fsp3) is 0.320. The van der Waals surface area contributed by atoms with E-state index in [4.69, 9.17) is 14.9 Å². The van der Waals surface area contributed by atoms with Gasteiger partial charge in [0.25, 0.3) is 5.91 Å². The van der Waals surface area contributed by atoms with E-state index in [-0.39, 0.29) is 11.8 Å². The number of benzene rings is 2. The minimum absolute atomic E-state index is 0.00801. The molecule has 1 atom stereocenters. The summed E-state index contributed by atoms with van der Waals surface area (Å²) in [5, 5.41) is 8.99. The first-order valence-electron chi connectivity index (χ1n) is 10.8. The van der Waals surface area contributed by atoms with Gasteiger partial charge >= 0.3 is 0 Å². The van der Waals surface area contributed by atoms with E-state index < -0.39 is 5.60 Å². The van der Waals surface area contributed by atoms with E-state index in [9.17, 15) is 4.79 Å². The number of carbonyl (C=O) groups is 1. The summed E-state index contributed by atoms with van der Waals surface area (Å²) >= 11 is 0. The van der Waals surface area contributed by atoms with Crippen LogP contribution in [0.15, 0.2) is 53.7 Å². The molecule has 0 radical (unpaired) electrons. The summed E-state index contributed by atoms with van der Waals surface area (Å²) in [6.45, 7) is 1.11. The van der Waals surface area contributed by atoms with Crippen molar-refractivity contribution in [2.45, 2.75) is 18.4 Å². The van der Waals surface area contributed by atoms with Crippen LogP contribution in [-0.4, -0.2) is 60.6 Å². The van der Waals surface area contributed by atoms with E-state index in [0.717, 1.165) is 33.7 Å². The lowest BCUT2D eigenvalue weighted by Gasteiger charge is -2.48. The molecular weight excluding hydrogens is 404 g/mol. The van der Waals surface area contributed by atoms with Crippen molar-refractivity contribution < 1.29 is 14.3 Å². The molecule has 2 N–H and O–H groups in total. The molecule has 1 spiro atoms. The number of hydrogen-bond acceptors (Lipinski definition) is 5. The van der Waals surface area contributed by atoms with Gasteiger partial charge < -0.3 is 24.8 Å². The number of para-hydroxylation sites is 1. The van der Waals surface area contributed by atoms with Crippen molar-refractivity contribution in [3.63, 3.8) is 0 Å². The molecule has 1 saturated heterocycles. The minimum atomic E-state index is -0.564. The van der Waals surface area contributed by atoms with Crippen LogP contribution in [0, 0.1) is 11.3 Å². The van der Waals surface area contributed by atoms with Gasteiger partial charge in [-0.3, -0.25) is 9.79 Å². The average molecular weight is 431 g/mol. The van der Waals surface area contributed by atoms with E-state index in [2.05, 4.69) is 9.98 Å². The van der Waals surface area contributed by atoms with Crippen molar-refractivity contribution in [3.05, 3.63) is 59.8 Å². The lowest BCUT2D eigenvalue weighted by atomic mass is 9.73. The molecule has 1 aromatic heterocycles. The molecule has 1 fully saturated rings. The van der Waals surface area contributed by atoms with Gasteiger partial charge in [-0.05, 0) is 30.3 Å².